The van der Waals surface area contributed by atoms with Crippen molar-refractivity contribution in [2.45, 2.75) is 19.3 Å². The molecule has 35 heavy (non-hydrogen) atoms. The standard InChI is InChI=1S/C28H28Br2O5/c1-32-16-34-27-23(29)14-19-8-3-4-9-21(19)25(27)26-22-11-10-18(7-5-6-12-31)13-20(22)15-24(30)28(26)35-17-33-2/h3-4,8-11,13-15,31H,5-7,12,16-17H2,1-2H3. The highest BCUT2D eigenvalue weighted by Crippen LogP contribution is 2.50. The van der Waals surface area contributed by atoms with E-state index in [2.05, 4.69) is 74.3 Å². The zero-order valence-corrected chi connectivity index (χ0v) is 22.9. The SMILES string of the molecule is COCOc1c(Br)cc2ccccc2c1-c1c(OCOC)c(Br)cc2cc(CCCCO)ccc12. The van der Waals surface area contributed by atoms with Crippen LogP contribution in [0.5, 0.6) is 11.5 Å². The van der Waals surface area contributed by atoms with Crippen LogP contribution in [0.1, 0.15) is 18.4 Å². The van der Waals surface area contributed by atoms with Crippen molar-refractivity contribution < 1.29 is 24.1 Å². The maximum Gasteiger partial charge on any atom is 0.188 e. The minimum atomic E-state index is 0.108. The molecule has 1 N–H and O–H groups in total. The number of unbranched alkanes of at least 4 members (excludes halogenated alkanes) is 1. The van der Waals surface area contributed by atoms with Crippen LogP contribution in [0.15, 0.2) is 63.5 Å². The Morgan fingerprint density at radius 3 is 1.94 bits per heavy atom. The second-order valence-corrected chi connectivity index (χ2v) is 9.89. The molecule has 4 aromatic rings. The van der Waals surface area contributed by atoms with Crippen LogP contribution in [0.25, 0.3) is 32.7 Å². The minimum absolute atomic E-state index is 0.108. The molecule has 0 heterocycles. The molecular weight excluding hydrogens is 576 g/mol. The number of hydrogen-bond acceptors (Lipinski definition) is 5. The summed E-state index contributed by atoms with van der Waals surface area (Å²) in [7, 11) is 3.21. The largest absolute Gasteiger partial charge is 0.466 e. The zero-order chi connectivity index (χ0) is 24.8. The maximum absolute atomic E-state index is 9.16. The summed E-state index contributed by atoms with van der Waals surface area (Å²) in [6.07, 6.45) is 2.64. The summed E-state index contributed by atoms with van der Waals surface area (Å²) in [4.78, 5) is 0. The Bertz CT molecular complexity index is 1320. The van der Waals surface area contributed by atoms with E-state index in [0.29, 0.717) is 11.5 Å². The molecule has 4 rings (SSSR count). The fourth-order valence-electron chi connectivity index (χ4n) is 4.31. The molecule has 4 aromatic carbocycles. The highest BCUT2D eigenvalue weighted by atomic mass is 79.9. The highest BCUT2D eigenvalue weighted by molar-refractivity contribution is 9.11. The third-order valence-electron chi connectivity index (χ3n) is 5.83. The Kier molecular flexibility index (Phi) is 9.03. The van der Waals surface area contributed by atoms with Gasteiger partial charge in [0.25, 0.3) is 0 Å². The van der Waals surface area contributed by atoms with Crippen LogP contribution in [-0.2, 0) is 15.9 Å². The van der Waals surface area contributed by atoms with Gasteiger partial charge in [0.1, 0.15) is 11.5 Å². The number of benzene rings is 4. The lowest BCUT2D eigenvalue weighted by Gasteiger charge is -2.21. The molecule has 0 saturated heterocycles. The van der Waals surface area contributed by atoms with Crippen molar-refractivity contribution in [2.75, 3.05) is 34.4 Å². The van der Waals surface area contributed by atoms with E-state index in [1.807, 2.05) is 12.1 Å². The topological polar surface area (TPSA) is 57.2 Å². The Hall–Kier alpha value is -2.16. The number of methoxy groups -OCH3 is 2. The van der Waals surface area contributed by atoms with Crippen molar-refractivity contribution in [1.82, 2.24) is 0 Å². The van der Waals surface area contributed by atoms with Crippen LogP contribution >= 0.6 is 31.9 Å². The van der Waals surface area contributed by atoms with Crippen molar-refractivity contribution in [3.8, 4) is 22.6 Å². The molecule has 5 nitrogen and oxygen atoms in total. The lowest BCUT2D eigenvalue weighted by Crippen LogP contribution is -2.05. The molecule has 0 unspecified atom stereocenters. The lowest BCUT2D eigenvalue weighted by molar-refractivity contribution is 0.0496. The first kappa shape index (κ1) is 25.9. The highest BCUT2D eigenvalue weighted by Gasteiger charge is 2.23. The van der Waals surface area contributed by atoms with Crippen molar-refractivity contribution in [3.05, 3.63) is 69.1 Å². The Morgan fingerprint density at radius 1 is 0.714 bits per heavy atom. The van der Waals surface area contributed by atoms with Gasteiger partial charge in [0.2, 0.25) is 0 Å². The predicted octanol–water partition coefficient (Wildman–Crippen LogP) is 7.47. The molecule has 0 atom stereocenters. The quantitative estimate of drug-likeness (QED) is 0.142. The summed E-state index contributed by atoms with van der Waals surface area (Å²) in [5, 5.41) is 13.4. The fraction of sp³-hybridized carbons (Fsp3) is 0.286. The molecule has 0 bridgehead atoms. The van der Waals surface area contributed by atoms with Crippen LogP contribution < -0.4 is 9.47 Å². The average molecular weight is 604 g/mol. The number of aliphatic hydroxyl groups excluding tert-OH is 1. The number of halogens is 2. The van der Waals surface area contributed by atoms with Gasteiger partial charge < -0.3 is 24.1 Å². The van der Waals surface area contributed by atoms with E-state index < -0.39 is 0 Å². The normalized spacial score (nSPS) is 11.3. The van der Waals surface area contributed by atoms with Gasteiger partial charge in [0, 0.05) is 32.0 Å². The van der Waals surface area contributed by atoms with Crippen molar-refractivity contribution in [1.29, 1.82) is 0 Å². The molecule has 0 aliphatic rings. The number of fused-ring (bicyclic) bond motifs is 2. The van der Waals surface area contributed by atoms with E-state index >= 15 is 0 Å². The van der Waals surface area contributed by atoms with Gasteiger partial charge in [-0.2, -0.15) is 0 Å². The van der Waals surface area contributed by atoms with Crippen LogP contribution in [0.4, 0.5) is 0 Å². The van der Waals surface area contributed by atoms with Gasteiger partial charge in [-0.15, -0.1) is 0 Å². The summed E-state index contributed by atoms with van der Waals surface area (Å²) in [5.74, 6) is 1.36. The Balaban J connectivity index is 2.04. The number of rotatable bonds is 11. The van der Waals surface area contributed by atoms with Gasteiger partial charge in [0.05, 0.1) is 8.95 Å². The minimum Gasteiger partial charge on any atom is -0.466 e. The van der Waals surface area contributed by atoms with Gasteiger partial charge >= 0.3 is 0 Å². The van der Waals surface area contributed by atoms with Crippen LogP contribution in [0.2, 0.25) is 0 Å². The molecule has 0 saturated carbocycles. The van der Waals surface area contributed by atoms with Crippen molar-refractivity contribution in [3.63, 3.8) is 0 Å². The zero-order valence-electron chi connectivity index (χ0n) is 19.8. The van der Waals surface area contributed by atoms with Gasteiger partial charge in [-0.3, -0.25) is 0 Å². The van der Waals surface area contributed by atoms with Crippen molar-refractivity contribution >= 4 is 53.4 Å². The van der Waals surface area contributed by atoms with Crippen LogP contribution in [-0.4, -0.2) is 39.5 Å². The maximum atomic E-state index is 9.16. The van der Waals surface area contributed by atoms with E-state index in [1.54, 1.807) is 14.2 Å². The third-order valence-corrected chi connectivity index (χ3v) is 7.01. The molecule has 0 aliphatic heterocycles. The molecule has 0 spiro atoms. The van der Waals surface area contributed by atoms with E-state index in [9.17, 15) is 0 Å². The summed E-state index contributed by atoms with van der Waals surface area (Å²) >= 11 is 7.48. The molecule has 0 amide bonds. The first-order valence-electron chi connectivity index (χ1n) is 11.4. The fourth-order valence-corrected chi connectivity index (χ4v) is 5.43. The van der Waals surface area contributed by atoms with Crippen molar-refractivity contribution in [2.24, 2.45) is 0 Å². The van der Waals surface area contributed by atoms with Gasteiger partial charge in [-0.05, 0) is 90.4 Å². The smallest absolute Gasteiger partial charge is 0.188 e. The Morgan fingerprint density at radius 2 is 1.31 bits per heavy atom. The number of ether oxygens (including phenoxy) is 4. The summed E-state index contributed by atoms with van der Waals surface area (Å²) in [6.45, 7) is 0.430. The number of aryl methyl sites for hydroxylation is 1. The number of hydrogen-bond donors (Lipinski definition) is 1. The van der Waals surface area contributed by atoms with Gasteiger partial charge in [0.15, 0.2) is 13.6 Å². The average Bonchev–Trinajstić information content (AvgIpc) is 2.86. The van der Waals surface area contributed by atoms with Crippen LogP contribution in [0, 0.1) is 0 Å². The molecule has 184 valence electrons. The Labute approximate surface area is 222 Å². The summed E-state index contributed by atoms with van der Waals surface area (Å²) in [6, 6.07) is 18.8. The molecule has 7 heteroatoms. The lowest BCUT2D eigenvalue weighted by atomic mass is 9.91. The summed E-state index contributed by atoms with van der Waals surface area (Å²) in [5.41, 5.74) is 3.05. The van der Waals surface area contributed by atoms with E-state index in [-0.39, 0.29) is 20.2 Å². The molecular formula is C28H28Br2O5. The first-order valence-corrected chi connectivity index (χ1v) is 13.0. The van der Waals surface area contributed by atoms with E-state index in [4.69, 9.17) is 24.1 Å². The van der Waals surface area contributed by atoms with Gasteiger partial charge in [-0.1, -0.05) is 42.5 Å². The second-order valence-electron chi connectivity index (χ2n) is 8.18. The molecule has 0 fully saturated rings. The van der Waals surface area contributed by atoms with Gasteiger partial charge in [-0.25, -0.2) is 0 Å². The van der Waals surface area contributed by atoms with E-state index in [1.165, 1.54) is 5.56 Å². The predicted molar refractivity (Wildman–Crippen MR) is 147 cm³/mol. The molecule has 0 radical (unpaired) electrons. The molecule has 0 aliphatic carbocycles. The second kappa shape index (κ2) is 12.2. The summed E-state index contributed by atoms with van der Waals surface area (Å²) < 4.78 is 24.4. The number of aliphatic hydroxyl groups is 1. The molecule has 0 aromatic heterocycles. The first-order chi connectivity index (χ1) is 17.1. The monoisotopic (exact) mass is 602 g/mol. The van der Waals surface area contributed by atoms with E-state index in [0.717, 1.165) is 60.9 Å². The third kappa shape index (κ3) is 5.65. The van der Waals surface area contributed by atoms with Crippen LogP contribution in [0.3, 0.4) is 0 Å².